The van der Waals surface area contributed by atoms with E-state index >= 15 is 0 Å². The van der Waals surface area contributed by atoms with Crippen molar-refractivity contribution >= 4 is 11.8 Å². The van der Waals surface area contributed by atoms with Crippen LogP contribution in [0.2, 0.25) is 0 Å². The molecule has 0 aliphatic carbocycles. The van der Waals surface area contributed by atoms with Gasteiger partial charge in [-0.15, -0.1) is 0 Å². The summed E-state index contributed by atoms with van der Waals surface area (Å²) in [6.45, 7) is 6.73. The average Bonchev–Trinajstić information content (AvgIpc) is 2.31. The Balaban J connectivity index is 1.62. The molecule has 0 aromatic carbocycles. The standard InChI is InChI=1S/C13H25NOS/c1-13(4-6-15-7-5-13)11-14-10-12-2-8-16-9-3-12/h12,14H,2-11H2,1H3. The number of rotatable bonds is 4. The second-order valence-electron chi connectivity index (χ2n) is 5.61. The minimum absolute atomic E-state index is 0.488. The van der Waals surface area contributed by atoms with Gasteiger partial charge in [0.2, 0.25) is 0 Å². The maximum Gasteiger partial charge on any atom is 0.0471 e. The summed E-state index contributed by atoms with van der Waals surface area (Å²) in [5.74, 6) is 3.68. The van der Waals surface area contributed by atoms with Gasteiger partial charge >= 0.3 is 0 Å². The van der Waals surface area contributed by atoms with Crippen molar-refractivity contribution in [2.24, 2.45) is 11.3 Å². The molecule has 2 saturated heterocycles. The SMILES string of the molecule is CC1(CNCC2CCSCC2)CCOCC1. The van der Waals surface area contributed by atoms with E-state index in [-0.39, 0.29) is 0 Å². The van der Waals surface area contributed by atoms with Crippen molar-refractivity contribution in [2.45, 2.75) is 32.6 Å². The van der Waals surface area contributed by atoms with E-state index in [0.717, 1.165) is 19.1 Å². The molecular formula is C13H25NOS. The lowest BCUT2D eigenvalue weighted by molar-refractivity contribution is 0.0237. The van der Waals surface area contributed by atoms with Gasteiger partial charge in [-0.3, -0.25) is 0 Å². The first kappa shape index (κ1) is 12.7. The molecule has 0 spiro atoms. The summed E-state index contributed by atoms with van der Waals surface area (Å²) in [5.41, 5.74) is 0.488. The van der Waals surface area contributed by atoms with Crippen LogP contribution in [0, 0.1) is 11.3 Å². The third-order valence-corrected chi connectivity index (χ3v) is 5.07. The second-order valence-corrected chi connectivity index (χ2v) is 6.83. The molecule has 94 valence electrons. The van der Waals surface area contributed by atoms with Crippen LogP contribution in [0.4, 0.5) is 0 Å². The molecule has 2 aliphatic rings. The molecule has 0 atom stereocenters. The van der Waals surface area contributed by atoms with Crippen molar-refractivity contribution in [3.8, 4) is 0 Å². The van der Waals surface area contributed by atoms with Gasteiger partial charge in [0.05, 0.1) is 0 Å². The molecule has 2 nitrogen and oxygen atoms in total. The number of ether oxygens (including phenoxy) is 1. The molecule has 0 aromatic rings. The first-order valence-electron chi connectivity index (χ1n) is 6.65. The summed E-state index contributed by atoms with van der Waals surface area (Å²) >= 11 is 2.12. The van der Waals surface area contributed by atoms with E-state index in [4.69, 9.17) is 4.74 Å². The fraction of sp³-hybridized carbons (Fsp3) is 1.00. The Hall–Kier alpha value is 0.270. The Kier molecular flexibility index (Phi) is 4.98. The number of thioether (sulfide) groups is 1. The van der Waals surface area contributed by atoms with Gasteiger partial charge < -0.3 is 10.1 Å². The van der Waals surface area contributed by atoms with Gasteiger partial charge in [-0.05, 0) is 55.1 Å². The maximum atomic E-state index is 5.43. The monoisotopic (exact) mass is 243 g/mol. The molecule has 3 heteroatoms. The minimum Gasteiger partial charge on any atom is -0.381 e. The zero-order chi connectivity index (χ0) is 11.3. The molecule has 0 saturated carbocycles. The molecule has 2 aliphatic heterocycles. The third-order valence-electron chi connectivity index (χ3n) is 4.03. The Labute approximate surface area is 104 Å². The van der Waals surface area contributed by atoms with Crippen LogP contribution in [0.25, 0.3) is 0 Å². The van der Waals surface area contributed by atoms with E-state index in [0.29, 0.717) is 5.41 Å². The summed E-state index contributed by atoms with van der Waals surface area (Å²) < 4.78 is 5.43. The van der Waals surface area contributed by atoms with E-state index in [1.807, 2.05) is 0 Å². The molecule has 0 bridgehead atoms. The van der Waals surface area contributed by atoms with E-state index < -0.39 is 0 Å². The van der Waals surface area contributed by atoms with E-state index in [1.54, 1.807) is 0 Å². The first-order chi connectivity index (χ1) is 7.79. The molecule has 0 aromatic heterocycles. The molecule has 1 N–H and O–H groups in total. The number of hydrogen-bond acceptors (Lipinski definition) is 3. The summed E-state index contributed by atoms with van der Waals surface area (Å²) in [5, 5.41) is 3.70. The van der Waals surface area contributed by atoms with Crippen LogP contribution in [0.1, 0.15) is 32.6 Å². The smallest absolute Gasteiger partial charge is 0.0471 e. The Bertz CT molecular complexity index is 198. The molecule has 2 fully saturated rings. The Morgan fingerprint density at radius 2 is 1.94 bits per heavy atom. The minimum atomic E-state index is 0.488. The predicted molar refractivity (Wildman–Crippen MR) is 71.1 cm³/mol. The highest BCUT2D eigenvalue weighted by atomic mass is 32.2. The normalized spacial score (nSPS) is 26.8. The van der Waals surface area contributed by atoms with Gasteiger partial charge in [-0.2, -0.15) is 11.8 Å². The molecule has 0 radical (unpaired) electrons. The fourth-order valence-corrected chi connectivity index (χ4v) is 3.77. The third kappa shape index (κ3) is 3.94. The van der Waals surface area contributed by atoms with E-state index in [1.165, 1.54) is 50.3 Å². The second kappa shape index (κ2) is 6.27. The molecule has 2 heterocycles. The van der Waals surface area contributed by atoms with E-state index in [9.17, 15) is 0 Å². The average molecular weight is 243 g/mol. The van der Waals surface area contributed by atoms with Gasteiger partial charge in [-0.25, -0.2) is 0 Å². The Morgan fingerprint density at radius 1 is 1.25 bits per heavy atom. The fourth-order valence-electron chi connectivity index (χ4n) is 2.57. The van der Waals surface area contributed by atoms with Crippen LogP contribution in [0.3, 0.4) is 0 Å². The summed E-state index contributed by atoms with van der Waals surface area (Å²) in [4.78, 5) is 0. The highest BCUT2D eigenvalue weighted by Crippen LogP contribution is 2.29. The van der Waals surface area contributed by atoms with Gasteiger partial charge in [0, 0.05) is 19.8 Å². The van der Waals surface area contributed by atoms with Gasteiger partial charge in [0.25, 0.3) is 0 Å². The predicted octanol–water partition coefficient (Wildman–Crippen LogP) is 2.54. The van der Waals surface area contributed by atoms with Crippen molar-refractivity contribution in [3.05, 3.63) is 0 Å². The summed E-state index contributed by atoms with van der Waals surface area (Å²) in [7, 11) is 0. The van der Waals surface area contributed by atoms with Crippen molar-refractivity contribution in [3.63, 3.8) is 0 Å². The van der Waals surface area contributed by atoms with Crippen molar-refractivity contribution in [2.75, 3.05) is 37.8 Å². The first-order valence-corrected chi connectivity index (χ1v) is 7.80. The molecule has 0 amide bonds. The molecule has 0 unspecified atom stereocenters. The number of hydrogen-bond donors (Lipinski definition) is 1. The molecule has 2 rings (SSSR count). The largest absolute Gasteiger partial charge is 0.381 e. The van der Waals surface area contributed by atoms with Crippen LogP contribution in [0.15, 0.2) is 0 Å². The maximum absolute atomic E-state index is 5.43. The summed E-state index contributed by atoms with van der Waals surface area (Å²) in [6.07, 6.45) is 5.27. The molecular weight excluding hydrogens is 218 g/mol. The van der Waals surface area contributed by atoms with Gasteiger partial charge in [0.15, 0.2) is 0 Å². The lowest BCUT2D eigenvalue weighted by atomic mass is 9.82. The van der Waals surface area contributed by atoms with Crippen LogP contribution < -0.4 is 5.32 Å². The lowest BCUT2D eigenvalue weighted by Crippen LogP contribution is -2.39. The van der Waals surface area contributed by atoms with Crippen LogP contribution in [0.5, 0.6) is 0 Å². The molecule has 16 heavy (non-hydrogen) atoms. The van der Waals surface area contributed by atoms with Gasteiger partial charge in [0.1, 0.15) is 0 Å². The summed E-state index contributed by atoms with van der Waals surface area (Å²) in [6, 6.07) is 0. The van der Waals surface area contributed by atoms with Crippen LogP contribution >= 0.6 is 11.8 Å². The Morgan fingerprint density at radius 3 is 2.62 bits per heavy atom. The zero-order valence-electron chi connectivity index (χ0n) is 10.5. The zero-order valence-corrected chi connectivity index (χ0v) is 11.3. The van der Waals surface area contributed by atoms with Crippen molar-refractivity contribution < 1.29 is 4.74 Å². The van der Waals surface area contributed by atoms with Crippen LogP contribution in [-0.4, -0.2) is 37.8 Å². The van der Waals surface area contributed by atoms with Crippen LogP contribution in [-0.2, 0) is 4.74 Å². The highest BCUT2D eigenvalue weighted by Gasteiger charge is 2.27. The van der Waals surface area contributed by atoms with E-state index in [2.05, 4.69) is 24.0 Å². The quantitative estimate of drug-likeness (QED) is 0.820. The topological polar surface area (TPSA) is 21.3 Å². The lowest BCUT2D eigenvalue weighted by Gasteiger charge is -2.34. The van der Waals surface area contributed by atoms with Crippen molar-refractivity contribution in [1.29, 1.82) is 0 Å². The van der Waals surface area contributed by atoms with Gasteiger partial charge in [-0.1, -0.05) is 6.92 Å². The highest BCUT2D eigenvalue weighted by molar-refractivity contribution is 7.99. The van der Waals surface area contributed by atoms with Crippen molar-refractivity contribution in [1.82, 2.24) is 5.32 Å². The number of nitrogens with one attached hydrogen (secondary N) is 1.